The summed E-state index contributed by atoms with van der Waals surface area (Å²) < 4.78 is 15.6. The Morgan fingerprint density at radius 2 is 1.50 bits per heavy atom. The monoisotopic (exact) mass is 586 g/mol. The molecule has 6 rings (SSSR count). The van der Waals surface area contributed by atoms with E-state index in [2.05, 4.69) is 76.2 Å². The van der Waals surface area contributed by atoms with Crippen molar-refractivity contribution in [3.63, 3.8) is 0 Å². The zero-order valence-corrected chi connectivity index (χ0v) is 26.3. The van der Waals surface area contributed by atoms with Crippen molar-refractivity contribution in [1.82, 2.24) is 19.1 Å². The molecule has 0 amide bonds. The minimum atomic E-state index is -0.494. The molecular formula is C37H38N4O3. The molecule has 0 spiro atoms. The summed E-state index contributed by atoms with van der Waals surface area (Å²) in [7, 11) is 0. The molecule has 44 heavy (non-hydrogen) atoms. The van der Waals surface area contributed by atoms with Crippen LogP contribution in [0.5, 0.6) is 11.5 Å². The van der Waals surface area contributed by atoms with Crippen LogP contribution in [0.2, 0.25) is 0 Å². The van der Waals surface area contributed by atoms with Gasteiger partial charge < -0.3 is 9.15 Å². The van der Waals surface area contributed by atoms with E-state index < -0.39 is 5.76 Å². The van der Waals surface area contributed by atoms with E-state index in [9.17, 15) is 4.79 Å². The van der Waals surface area contributed by atoms with Crippen LogP contribution in [0, 0.1) is 0 Å². The molecule has 7 nitrogen and oxygen atoms in total. The van der Waals surface area contributed by atoms with Crippen LogP contribution < -0.4 is 10.5 Å². The Bertz CT molecular complexity index is 1990. The molecule has 0 saturated heterocycles. The highest BCUT2D eigenvalue weighted by Gasteiger charge is 2.20. The van der Waals surface area contributed by atoms with E-state index in [1.165, 1.54) is 21.4 Å². The van der Waals surface area contributed by atoms with Gasteiger partial charge in [-0.05, 0) is 70.3 Å². The Morgan fingerprint density at radius 1 is 0.795 bits per heavy atom. The van der Waals surface area contributed by atoms with Crippen LogP contribution in [0.3, 0.4) is 0 Å². The molecule has 0 atom stereocenters. The lowest BCUT2D eigenvalue weighted by atomic mass is 9.88. The number of hydrogen-bond donors (Lipinski definition) is 0. The van der Waals surface area contributed by atoms with Crippen molar-refractivity contribution in [3.05, 3.63) is 119 Å². The Hall–Kier alpha value is -4.91. The highest BCUT2D eigenvalue weighted by Crippen LogP contribution is 2.35. The van der Waals surface area contributed by atoms with Crippen LogP contribution in [0.4, 0.5) is 0 Å². The first-order chi connectivity index (χ1) is 21.0. The topological polar surface area (TPSA) is 75.1 Å². The summed E-state index contributed by atoms with van der Waals surface area (Å²) in [6.45, 7) is 15.3. The summed E-state index contributed by atoms with van der Waals surface area (Å²) in [6.07, 6.45) is 5.60. The van der Waals surface area contributed by atoms with E-state index in [1.54, 1.807) is 18.3 Å². The number of para-hydroxylation sites is 1. The molecule has 0 N–H and O–H groups in total. The highest BCUT2D eigenvalue weighted by molar-refractivity contribution is 5.77. The lowest BCUT2D eigenvalue weighted by molar-refractivity contribution is 0.483. The largest absolute Gasteiger partial charge is 0.457 e. The predicted molar refractivity (Wildman–Crippen MR) is 176 cm³/mol. The second-order valence-corrected chi connectivity index (χ2v) is 12.8. The molecule has 0 bridgehead atoms. The standard InChI is InChI=1S/C37H38N4O3/c1-23(2)29-12-9-13-30(24(3)4)34(29)40-19-18-39-35(40)25-10-8-11-27(20-25)43-28-14-15-32-31(22-28)41(36(42)44-32)33-21-26(16-17-38-33)37(5,6)7/h8-24H,1-7H3. The van der Waals surface area contributed by atoms with Crippen LogP contribution in [0.15, 0.2) is 101 Å². The van der Waals surface area contributed by atoms with Crippen molar-refractivity contribution in [1.29, 1.82) is 0 Å². The number of ether oxygens (including phenoxy) is 1. The smallest absolute Gasteiger partial charge is 0.425 e. The van der Waals surface area contributed by atoms with Gasteiger partial charge in [0, 0.05) is 30.2 Å². The minimum absolute atomic E-state index is 0.0952. The number of aromatic nitrogens is 4. The van der Waals surface area contributed by atoms with Gasteiger partial charge in [-0.25, -0.2) is 19.3 Å². The van der Waals surface area contributed by atoms with E-state index in [-0.39, 0.29) is 5.41 Å². The van der Waals surface area contributed by atoms with Crippen LogP contribution in [-0.2, 0) is 5.41 Å². The quantitative estimate of drug-likeness (QED) is 0.186. The summed E-state index contributed by atoms with van der Waals surface area (Å²) in [6, 6.07) is 23.7. The molecule has 0 saturated carbocycles. The van der Waals surface area contributed by atoms with E-state index in [4.69, 9.17) is 14.1 Å². The zero-order valence-electron chi connectivity index (χ0n) is 26.3. The molecule has 0 fully saturated rings. The molecular weight excluding hydrogens is 548 g/mol. The molecule has 224 valence electrons. The Balaban J connectivity index is 1.37. The molecule has 3 aromatic carbocycles. The lowest BCUT2D eigenvalue weighted by Crippen LogP contribution is -2.16. The lowest BCUT2D eigenvalue weighted by Gasteiger charge is -2.22. The molecule has 3 heterocycles. The van der Waals surface area contributed by atoms with Crippen molar-refractivity contribution in [2.24, 2.45) is 0 Å². The molecule has 0 aliphatic rings. The third kappa shape index (κ3) is 5.46. The number of oxazole rings is 1. The maximum absolute atomic E-state index is 12.9. The van der Waals surface area contributed by atoms with Gasteiger partial charge in [0.2, 0.25) is 0 Å². The summed E-state index contributed by atoms with van der Waals surface area (Å²) >= 11 is 0. The molecule has 3 aromatic heterocycles. The Labute approximate surface area is 257 Å². The number of pyridine rings is 1. The summed E-state index contributed by atoms with van der Waals surface area (Å²) in [4.78, 5) is 22.2. The van der Waals surface area contributed by atoms with Gasteiger partial charge in [-0.3, -0.25) is 4.57 Å². The number of fused-ring (bicyclic) bond motifs is 1. The normalized spacial score (nSPS) is 12.0. The summed E-state index contributed by atoms with van der Waals surface area (Å²) in [5, 5.41) is 0. The Morgan fingerprint density at radius 3 is 2.20 bits per heavy atom. The average molecular weight is 587 g/mol. The van der Waals surface area contributed by atoms with Gasteiger partial charge in [-0.15, -0.1) is 0 Å². The van der Waals surface area contributed by atoms with Gasteiger partial charge in [0.15, 0.2) is 5.58 Å². The first-order valence-electron chi connectivity index (χ1n) is 15.1. The number of nitrogens with zero attached hydrogens (tertiary/aromatic N) is 4. The SMILES string of the molecule is CC(C)c1cccc(C(C)C)c1-n1ccnc1-c1cccc(Oc2ccc3oc(=O)n(-c4cc(C(C)(C)C)ccn4)c3c2)c1. The highest BCUT2D eigenvalue weighted by atomic mass is 16.5. The zero-order chi connectivity index (χ0) is 31.2. The third-order valence-corrected chi connectivity index (χ3v) is 7.94. The van der Waals surface area contributed by atoms with Crippen molar-refractivity contribution >= 4 is 11.1 Å². The second kappa shape index (κ2) is 11.3. The van der Waals surface area contributed by atoms with Crippen molar-refractivity contribution < 1.29 is 9.15 Å². The van der Waals surface area contributed by atoms with Crippen molar-refractivity contribution in [2.45, 2.75) is 65.7 Å². The van der Waals surface area contributed by atoms with E-state index in [0.717, 1.165) is 17.0 Å². The number of benzene rings is 3. The molecule has 6 aromatic rings. The van der Waals surface area contributed by atoms with Gasteiger partial charge in [0.05, 0.1) is 5.69 Å². The predicted octanol–water partition coefficient (Wildman–Crippen LogP) is 9.17. The fourth-order valence-corrected chi connectivity index (χ4v) is 5.61. The van der Waals surface area contributed by atoms with Gasteiger partial charge in [0.1, 0.15) is 28.7 Å². The van der Waals surface area contributed by atoms with E-state index in [0.29, 0.717) is 40.3 Å². The first kappa shape index (κ1) is 29.2. The molecule has 0 unspecified atom stereocenters. The van der Waals surface area contributed by atoms with Crippen LogP contribution in [-0.4, -0.2) is 19.1 Å². The molecule has 0 radical (unpaired) electrons. The van der Waals surface area contributed by atoms with Crippen LogP contribution in [0.1, 0.15) is 77.0 Å². The Kier molecular flexibility index (Phi) is 7.49. The van der Waals surface area contributed by atoms with E-state index in [1.807, 2.05) is 54.9 Å². The van der Waals surface area contributed by atoms with Gasteiger partial charge in [-0.2, -0.15) is 0 Å². The van der Waals surface area contributed by atoms with Gasteiger partial charge in [-0.1, -0.05) is 78.8 Å². The van der Waals surface area contributed by atoms with Gasteiger partial charge >= 0.3 is 5.76 Å². The van der Waals surface area contributed by atoms with Crippen molar-refractivity contribution in [2.75, 3.05) is 0 Å². The van der Waals surface area contributed by atoms with Gasteiger partial charge in [0.25, 0.3) is 0 Å². The molecule has 0 aliphatic carbocycles. The minimum Gasteiger partial charge on any atom is -0.457 e. The molecule has 7 heteroatoms. The fourth-order valence-electron chi connectivity index (χ4n) is 5.61. The van der Waals surface area contributed by atoms with Crippen LogP contribution in [0.25, 0.3) is 34.0 Å². The summed E-state index contributed by atoms with van der Waals surface area (Å²) in [5.74, 6) is 2.80. The maximum atomic E-state index is 12.9. The summed E-state index contributed by atoms with van der Waals surface area (Å²) in [5.41, 5.74) is 6.71. The number of rotatable bonds is 7. The third-order valence-electron chi connectivity index (χ3n) is 7.94. The van der Waals surface area contributed by atoms with Crippen LogP contribution >= 0.6 is 0 Å². The second-order valence-electron chi connectivity index (χ2n) is 12.8. The fraction of sp³-hybridized carbons (Fsp3) is 0.270. The van der Waals surface area contributed by atoms with Crippen molar-refractivity contribution in [3.8, 4) is 34.4 Å². The molecule has 0 aliphatic heterocycles. The average Bonchev–Trinajstić information content (AvgIpc) is 3.60. The maximum Gasteiger partial charge on any atom is 0.425 e. The van der Waals surface area contributed by atoms with E-state index >= 15 is 0 Å². The number of imidazole rings is 1. The first-order valence-corrected chi connectivity index (χ1v) is 15.1. The number of hydrogen-bond acceptors (Lipinski definition) is 5.